The van der Waals surface area contributed by atoms with Crippen molar-refractivity contribution in [3.05, 3.63) is 28.7 Å². The van der Waals surface area contributed by atoms with Crippen LogP contribution in [0.1, 0.15) is 0 Å². The average molecular weight is 184 g/mol. The summed E-state index contributed by atoms with van der Waals surface area (Å²) in [6, 6.07) is 7.70. The highest BCUT2D eigenvalue weighted by atomic mass is 79.9. The van der Waals surface area contributed by atoms with Crippen molar-refractivity contribution in [3.63, 3.8) is 0 Å². The predicted molar refractivity (Wildman–Crippen MR) is 43.4 cm³/mol. The topological polar surface area (TPSA) is 12.4 Å². The quantitative estimate of drug-likeness (QED) is 0.595. The zero-order chi connectivity index (χ0) is 6.69. The summed E-state index contributed by atoms with van der Waals surface area (Å²) in [7, 11) is 0. The number of benzene rings is 1. The van der Waals surface area contributed by atoms with Crippen LogP contribution in [0.4, 0.5) is 5.69 Å². The lowest BCUT2D eigenvalue weighted by molar-refractivity contribution is 1.52. The van der Waals surface area contributed by atoms with Gasteiger partial charge < -0.3 is 0 Å². The standard InChI is InChI=1S/C7H6BrN/c1-9-7-5-3-2-4-6(7)8/h2-5H,1H2. The smallest absolute Gasteiger partial charge is 0.0764 e. The summed E-state index contributed by atoms with van der Waals surface area (Å²) in [6.45, 7) is 3.41. The van der Waals surface area contributed by atoms with Crippen LogP contribution in [0.3, 0.4) is 0 Å². The van der Waals surface area contributed by atoms with Crippen LogP contribution in [0.25, 0.3) is 0 Å². The van der Waals surface area contributed by atoms with Gasteiger partial charge in [-0.05, 0) is 34.8 Å². The van der Waals surface area contributed by atoms with Crippen LogP contribution in [-0.4, -0.2) is 6.72 Å². The van der Waals surface area contributed by atoms with E-state index in [4.69, 9.17) is 0 Å². The van der Waals surface area contributed by atoms with E-state index >= 15 is 0 Å². The maximum absolute atomic E-state index is 3.77. The van der Waals surface area contributed by atoms with Gasteiger partial charge in [0, 0.05) is 4.47 Å². The summed E-state index contributed by atoms with van der Waals surface area (Å²) in [5, 5.41) is 0. The molecule has 1 aromatic carbocycles. The molecular formula is C7H6BrN. The Bertz CT molecular complexity index is 220. The monoisotopic (exact) mass is 183 g/mol. The van der Waals surface area contributed by atoms with Crippen molar-refractivity contribution >= 4 is 28.3 Å². The van der Waals surface area contributed by atoms with Gasteiger partial charge in [0.1, 0.15) is 0 Å². The Balaban J connectivity index is 3.15. The number of hydrogen-bond acceptors (Lipinski definition) is 1. The van der Waals surface area contributed by atoms with E-state index in [-0.39, 0.29) is 0 Å². The molecule has 0 saturated carbocycles. The second-order valence-electron chi connectivity index (χ2n) is 1.61. The number of rotatable bonds is 1. The van der Waals surface area contributed by atoms with Crippen LogP contribution in [0.5, 0.6) is 0 Å². The summed E-state index contributed by atoms with van der Waals surface area (Å²) < 4.78 is 0.986. The van der Waals surface area contributed by atoms with Crippen molar-refractivity contribution in [2.24, 2.45) is 4.99 Å². The Hall–Kier alpha value is -0.630. The summed E-state index contributed by atoms with van der Waals surface area (Å²) in [4.78, 5) is 3.77. The lowest BCUT2D eigenvalue weighted by Gasteiger charge is -1.92. The van der Waals surface area contributed by atoms with E-state index in [1.165, 1.54) is 0 Å². The lowest BCUT2D eigenvalue weighted by atomic mass is 10.3. The van der Waals surface area contributed by atoms with E-state index in [0.717, 1.165) is 10.2 Å². The number of nitrogens with zero attached hydrogens (tertiary/aromatic N) is 1. The molecule has 0 unspecified atom stereocenters. The van der Waals surface area contributed by atoms with E-state index in [9.17, 15) is 0 Å². The van der Waals surface area contributed by atoms with Gasteiger partial charge in [0.2, 0.25) is 0 Å². The van der Waals surface area contributed by atoms with Crippen LogP contribution in [-0.2, 0) is 0 Å². The van der Waals surface area contributed by atoms with Crippen LogP contribution >= 0.6 is 15.9 Å². The van der Waals surface area contributed by atoms with Crippen molar-refractivity contribution in [1.29, 1.82) is 0 Å². The zero-order valence-electron chi connectivity index (χ0n) is 4.84. The minimum Gasteiger partial charge on any atom is -0.263 e. The third-order valence-electron chi connectivity index (χ3n) is 1.02. The van der Waals surface area contributed by atoms with E-state index in [2.05, 4.69) is 27.6 Å². The molecule has 1 nitrogen and oxygen atoms in total. The SMILES string of the molecule is C=Nc1ccccc1Br. The summed E-state index contributed by atoms with van der Waals surface area (Å²) in [5.74, 6) is 0. The average Bonchev–Trinajstić information content (AvgIpc) is 1.89. The second-order valence-corrected chi connectivity index (χ2v) is 2.46. The van der Waals surface area contributed by atoms with Gasteiger partial charge >= 0.3 is 0 Å². The fraction of sp³-hybridized carbons (Fsp3) is 0. The first-order valence-corrected chi connectivity index (χ1v) is 3.35. The van der Waals surface area contributed by atoms with Gasteiger partial charge in [0.25, 0.3) is 0 Å². The Kier molecular flexibility index (Phi) is 2.01. The minimum absolute atomic E-state index is 0.887. The molecule has 0 aromatic heterocycles. The molecule has 0 bridgehead atoms. The molecule has 0 aliphatic heterocycles. The number of aliphatic imine (C=N–C) groups is 1. The molecule has 0 radical (unpaired) electrons. The van der Waals surface area contributed by atoms with Gasteiger partial charge in [-0.25, -0.2) is 0 Å². The van der Waals surface area contributed by atoms with Crippen molar-refractivity contribution < 1.29 is 0 Å². The van der Waals surface area contributed by atoms with E-state index in [1.807, 2.05) is 24.3 Å². The van der Waals surface area contributed by atoms with Gasteiger partial charge in [0.05, 0.1) is 5.69 Å². The molecule has 2 heteroatoms. The molecule has 1 rings (SSSR count). The lowest BCUT2D eigenvalue weighted by Crippen LogP contribution is -1.63. The predicted octanol–water partition coefficient (Wildman–Crippen LogP) is 2.78. The fourth-order valence-corrected chi connectivity index (χ4v) is 0.990. The number of para-hydroxylation sites is 1. The maximum Gasteiger partial charge on any atom is 0.0764 e. The summed E-state index contributed by atoms with van der Waals surface area (Å²) >= 11 is 3.32. The molecule has 0 aliphatic rings. The Labute approximate surface area is 62.6 Å². The highest BCUT2D eigenvalue weighted by molar-refractivity contribution is 9.10. The maximum atomic E-state index is 3.77. The summed E-state index contributed by atoms with van der Waals surface area (Å²) in [6.07, 6.45) is 0. The first-order chi connectivity index (χ1) is 4.34. The third-order valence-corrected chi connectivity index (χ3v) is 1.69. The molecule has 9 heavy (non-hydrogen) atoms. The molecule has 0 atom stereocenters. The zero-order valence-corrected chi connectivity index (χ0v) is 6.43. The van der Waals surface area contributed by atoms with Crippen LogP contribution in [0.15, 0.2) is 33.7 Å². The molecule has 0 saturated heterocycles. The van der Waals surface area contributed by atoms with Crippen molar-refractivity contribution in [3.8, 4) is 0 Å². The number of halogens is 1. The van der Waals surface area contributed by atoms with E-state index < -0.39 is 0 Å². The molecule has 0 amide bonds. The van der Waals surface area contributed by atoms with Crippen molar-refractivity contribution in [2.75, 3.05) is 0 Å². The van der Waals surface area contributed by atoms with Gasteiger partial charge in [-0.3, -0.25) is 4.99 Å². The highest BCUT2D eigenvalue weighted by Crippen LogP contribution is 2.22. The molecular weight excluding hydrogens is 178 g/mol. The van der Waals surface area contributed by atoms with E-state index in [0.29, 0.717) is 0 Å². The normalized spacial score (nSPS) is 9.00. The molecule has 0 spiro atoms. The van der Waals surface area contributed by atoms with Crippen LogP contribution in [0, 0.1) is 0 Å². The van der Waals surface area contributed by atoms with Crippen LogP contribution < -0.4 is 0 Å². The fourth-order valence-electron chi connectivity index (χ4n) is 0.580. The van der Waals surface area contributed by atoms with Crippen LogP contribution in [0.2, 0.25) is 0 Å². The second kappa shape index (κ2) is 2.78. The van der Waals surface area contributed by atoms with Gasteiger partial charge in [-0.15, -0.1) is 0 Å². The number of hydrogen-bond donors (Lipinski definition) is 0. The molecule has 0 aliphatic carbocycles. The highest BCUT2D eigenvalue weighted by Gasteiger charge is 1.90. The minimum atomic E-state index is 0.887. The Morgan fingerprint density at radius 3 is 2.44 bits per heavy atom. The Morgan fingerprint density at radius 1 is 1.33 bits per heavy atom. The molecule has 0 N–H and O–H groups in total. The van der Waals surface area contributed by atoms with Gasteiger partial charge in [0.15, 0.2) is 0 Å². The molecule has 0 heterocycles. The van der Waals surface area contributed by atoms with Crippen molar-refractivity contribution in [1.82, 2.24) is 0 Å². The molecule has 0 fully saturated rings. The first kappa shape index (κ1) is 6.49. The van der Waals surface area contributed by atoms with Gasteiger partial charge in [-0.1, -0.05) is 12.1 Å². The molecule has 46 valence electrons. The largest absolute Gasteiger partial charge is 0.263 e. The van der Waals surface area contributed by atoms with Gasteiger partial charge in [-0.2, -0.15) is 0 Å². The summed E-state index contributed by atoms with van der Waals surface area (Å²) in [5.41, 5.74) is 0.887. The van der Waals surface area contributed by atoms with Crippen molar-refractivity contribution in [2.45, 2.75) is 0 Å². The van der Waals surface area contributed by atoms with E-state index in [1.54, 1.807) is 0 Å². The molecule has 1 aromatic rings. The first-order valence-electron chi connectivity index (χ1n) is 2.56. The third kappa shape index (κ3) is 1.39. The Morgan fingerprint density at radius 2 is 2.00 bits per heavy atom.